The van der Waals surface area contributed by atoms with Gasteiger partial charge in [-0.1, -0.05) is 0 Å². The first-order valence-electron chi connectivity index (χ1n) is 5.47. The first-order chi connectivity index (χ1) is 8.65. The summed E-state index contributed by atoms with van der Waals surface area (Å²) >= 11 is 0. The van der Waals surface area contributed by atoms with Crippen LogP contribution in [0.15, 0.2) is 0 Å². The Morgan fingerprint density at radius 3 is 2.42 bits per heavy atom. The molecule has 9 heteroatoms. The summed E-state index contributed by atoms with van der Waals surface area (Å²) in [7, 11) is 0. The highest BCUT2D eigenvalue weighted by atomic mass is 16.4. The zero-order chi connectivity index (χ0) is 14.8. The molecule has 0 aliphatic carbocycles. The van der Waals surface area contributed by atoms with E-state index < -0.39 is 48.5 Å². The Morgan fingerprint density at radius 2 is 2.00 bits per heavy atom. The van der Waals surface area contributed by atoms with Crippen LogP contribution in [0.1, 0.15) is 13.8 Å². The maximum absolute atomic E-state index is 11.7. The summed E-state index contributed by atoms with van der Waals surface area (Å²) in [5, 5.41) is 21.9. The summed E-state index contributed by atoms with van der Waals surface area (Å²) in [6.45, 7) is 1.97. The third-order valence-electron chi connectivity index (χ3n) is 2.52. The van der Waals surface area contributed by atoms with Crippen LogP contribution in [-0.2, 0) is 14.4 Å². The van der Waals surface area contributed by atoms with Crippen molar-refractivity contribution in [1.29, 1.82) is 0 Å². The van der Waals surface area contributed by atoms with E-state index in [-0.39, 0.29) is 0 Å². The van der Waals surface area contributed by atoms with Crippen molar-refractivity contribution >= 4 is 23.8 Å². The Morgan fingerprint density at radius 1 is 1.42 bits per heavy atom. The molecule has 4 N–H and O–H groups in total. The van der Waals surface area contributed by atoms with Gasteiger partial charge in [-0.2, -0.15) is 0 Å². The second-order valence-electron chi connectivity index (χ2n) is 4.60. The second kappa shape index (κ2) is 5.22. The number of rotatable bonds is 5. The monoisotopic (exact) mass is 273 g/mol. The minimum Gasteiger partial charge on any atom is -0.479 e. The number of urea groups is 1. The first kappa shape index (κ1) is 14.9. The fourth-order valence-electron chi connectivity index (χ4n) is 1.46. The molecule has 0 aromatic rings. The molecule has 1 saturated heterocycles. The van der Waals surface area contributed by atoms with Crippen LogP contribution in [0, 0.1) is 0 Å². The molecule has 1 rings (SSSR count). The van der Waals surface area contributed by atoms with Gasteiger partial charge in [0.15, 0.2) is 6.10 Å². The number of carbonyl (C=O) groups is 4. The van der Waals surface area contributed by atoms with Crippen molar-refractivity contribution in [2.45, 2.75) is 25.5 Å². The molecule has 0 aromatic carbocycles. The number of hydrogen-bond donors (Lipinski definition) is 4. The number of carbonyl (C=O) groups excluding carboxylic acids is 3. The van der Waals surface area contributed by atoms with Gasteiger partial charge in [0.25, 0.3) is 5.91 Å². The summed E-state index contributed by atoms with van der Waals surface area (Å²) in [6.07, 6.45) is -1.73. The van der Waals surface area contributed by atoms with E-state index in [4.69, 9.17) is 10.2 Å². The van der Waals surface area contributed by atoms with Crippen LogP contribution < -0.4 is 10.6 Å². The van der Waals surface area contributed by atoms with Gasteiger partial charge < -0.3 is 20.8 Å². The number of nitrogens with one attached hydrogen (secondary N) is 2. The van der Waals surface area contributed by atoms with Gasteiger partial charge in [0, 0.05) is 0 Å². The highest BCUT2D eigenvalue weighted by Crippen LogP contribution is 2.15. The molecule has 0 unspecified atom stereocenters. The van der Waals surface area contributed by atoms with Gasteiger partial charge in [-0.15, -0.1) is 0 Å². The maximum Gasteiger partial charge on any atom is 0.334 e. The average molecular weight is 273 g/mol. The van der Waals surface area contributed by atoms with E-state index in [1.165, 1.54) is 13.8 Å². The zero-order valence-electron chi connectivity index (χ0n) is 10.5. The van der Waals surface area contributed by atoms with Crippen LogP contribution in [-0.4, -0.2) is 63.7 Å². The molecule has 0 radical (unpaired) electrons. The van der Waals surface area contributed by atoms with Crippen LogP contribution in [0.5, 0.6) is 0 Å². The first-order valence-corrected chi connectivity index (χ1v) is 5.47. The van der Waals surface area contributed by atoms with Crippen molar-refractivity contribution in [1.82, 2.24) is 15.5 Å². The predicted molar refractivity (Wildman–Crippen MR) is 61.0 cm³/mol. The van der Waals surface area contributed by atoms with E-state index in [1.54, 1.807) is 0 Å². The van der Waals surface area contributed by atoms with Crippen LogP contribution in [0.3, 0.4) is 0 Å². The Kier molecular flexibility index (Phi) is 4.10. The van der Waals surface area contributed by atoms with E-state index in [2.05, 4.69) is 10.6 Å². The molecule has 1 fully saturated rings. The fraction of sp³-hybridized carbons (Fsp3) is 0.600. The summed E-state index contributed by atoms with van der Waals surface area (Å²) in [6, 6.07) is -0.691. The molecule has 19 heavy (non-hydrogen) atoms. The number of aliphatic hydroxyl groups excluding tert-OH is 1. The van der Waals surface area contributed by atoms with E-state index >= 15 is 0 Å². The summed E-state index contributed by atoms with van der Waals surface area (Å²) in [4.78, 5) is 45.7. The number of imide groups is 1. The minimum absolute atomic E-state index is 0.499. The van der Waals surface area contributed by atoms with Crippen molar-refractivity contribution in [3.05, 3.63) is 0 Å². The van der Waals surface area contributed by atoms with Gasteiger partial charge >= 0.3 is 12.0 Å². The van der Waals surface area contributed by atoms with E-state index in [0.29, 0.717) is 0 Å². The number of aliphatic carboxylic acids is 1. The predicted octanol–water partition coefficient (Wildman–Crippen LogP) is -2.12. The minimum atomic E-state index is -1.73. The average Bonchev–Trinajstić information content (AvgIpc) is 2.48. The van der Waals surface area contributed by atoms with Crippen LogP contribution in [0.2, 0.25) is 0 Å². The lowest BCUT2D eigenvalue weighted by Crippen LogP contribution is -2.45. The molecule has 106 valence electrons. The molecule has 1 aliphatic heterocycles. The molecule has 4 amide bonds. The van der Waals surface area contributed by atoms with Gasteiger partial charge in [0.1, 0.15) is 12.1 Å². The van der Waals surface area contributed by atoms with Crippen LogP contribution in [0.4, 0.5) is 4.79 Å². The maximum atomic E-state index is 11.7. The molecular weight excluding hydrogens is 258 g/mol. The van der Waals surface area contributed by atoms with Crippen molar-refractivity contribution in [3.8, 4) is 0 Å². The van der Waals surface area contributed by atoms with Crippen molar-refractivity contribution in [2.75, 3.05) is 13.1 Å². The Balaban J connectivity index is 2.52. The van der Waals surface area contributed by atoms with Gasteiger partial charge in [0.05, 0.1) is 6.54 Å². The van der Waals surface area contributed by atoms with E-state index in [9.17, 15) is 19.2 Å². The molecule has 1 heterocycles. The lowest BCUT2D eigenvalue weighted by atomic mass is 10.1. The van der Waals surface area contributed by atoms with E-state index in [0.717, 1.165) is 4.90 Å². The molecule has 1 aliphatic rings. The largest absolute Gasteiger partial charge is 0.479 e. The van der Waals surface area contributed by atoms with Crippen molar-refractivity contribution in [3.63, 3.8) is 0 Å². The Labute approximate surface area is 108 Å². The quantitative estimate of drug-likeness (QED) is 0.423. The number of aliphatic hydroxyl groups is 1. The number of carboxylic acids is 1. The molecular formula is C10H15N3O6. The Bertz CT molecular complexity index is 433. The highest BCUT2D eigenvalue weighted by molar-refractivity contribution is 6.08. The van der Waals surface area contributed by atoms with Gasteiger partial charge in [-0.05, 0) is 13.8 Å². The standard InChI is InChI=1S/C10H15N3O6/c1-10(2)8(18)13(9(19)12-10)4-6(15)11-3-5(14)7(16)17/h5,14H,3-4H2,1-2H3,(H,11,15)(H,12,19)(H,16,17)/t5-/m0/s1. The lowest BCUT2D eigenvalue weighted by molar-refractivity contribution is -0.146. The van der Waals surface area contributed by atoms with Gasteiger partial charge in [-0.3, -0.25) is 14.5 Å². The zero-order valence-corrected chi connectivity index (χ0v) is 10.5. The Hall–Kier alpha value is -2.16. The van der Waals surface area contributed by atoms with Gasteiger partial charge in [-0.25, -0.2) is 9.59 Å². The number of amides is 4. The smallest absolute Gasteiger partial charge is 0.334 e. The third-order valence-corrected chi connectivity index (χ3v) is 2.52. The molecule has 0 bridgehead atoms. The topological polar surface area (TPSA) is 136 Å². The molecule has 0 aromatic heterocycles. The lowest BCUT2D eigenvalue weighted by Gasteiger charge is -2.16. The van der Waals surface area contributed by atoms with Crippen LogP contribution >= 0.6 is 0 Å². The van der Waals surface area contributed by atoms with Gasteiger partial charge in [0.2, 0.25) is 5.91 Å². The number of carboxylic acid groups (broad SMARTS) is 1. The third kappa shape index (κ3) is 3.41. The highest BCUT2D eigenvalue weighted by Gasteiger charge is 2.44. The number of hydrogen-bond acceptors (Lipinski definition) is 5. The van der Waals surface area contributed by atoms with Crippen LogP contribution in [0.25, 0.3) is 0 Å². The summed E-state index contributed by atoms with van der Waals surface area (Å²) in [5.41, 5.74) is -1.07. The summed E-state index contributed by atoms with van der Waals surface area (Å²) < 4.78 is 0. The fourth-order valence-corrected chi connectivity index (χ4v) is 1.46. The SMILES string of the molecule is CC1(C)NC(=O)N(CC(=O)NC[C@H](O)C(=O)O)C1=O. The number of nitrogens with zero attached hydrogens (tertiary/aromatic N) is 1. The van der Waals surface area contributed by atoms with Crippen molar-refractivity contribution < 1.29 is 29.4 Å². The second-order valence-corrected chi connectivity index (χ2v) is 4.60. The molecule has 9 nitrogen and oxygen atoms in total. The van der Waals surface area contributed by atoms with E-state index in [1.807, 2.05) is 0 Å². The summed E-state index contributed by atoms with van der Waals surface area (Å²) in [5.74, 6) is -2.76. The molecule has 1 atom stereocenters. The van der Waals surface area contributed by atoms with Crippen molar-refractivity contribution in [2.24, 2.45) is 0 Å². The molecule has 0 spiro atoms. The normalized spacial score (nSPS) is 19.0. The molecule has 0 saturated carbocycles.